The molecule has 2 heterocycles. The van der Waals surface area contributed by atoms with E-state index in [2.05, 4.69) is 63.7 Å². The van der Waals surface area contributed by atoms with Crippen molar-refractivity contribution in [2.45, 2.75) is 24.9 Å². The molecule has 0 unspecified atom stereocenters. The van der Waals surface area contributed by atoms with Gasteiger partial charge in [-0.25, -0.2) is 4.79 Å². The summed E-state index contributed by atoms with van der Waals surface area (Å²) in [6.45, 7) is 1.66. The quantitative estimate of drug-likeness (QED) is 0.447. The minimum absolute atomic E-state index is 0.0236. The minimum atomic E-state index is -0.0236. The number of imidazole rings is 1. The predicted molar refractivity (Wildman–Crippen MR) is 132 cm³/mol. The summed E-state index contributed by atoms with van der Waals surface area (Å²) in [5.41, 5.74) is 6.96. The highest BCUT2D eigenvalue weighted by molar-refractivity contribution is 7.80. The van der Waals surface area contributed by atoms with E-state index in [1.165, 1.54) is 22.3 Å². The molecule has 1 aliphatic heterocycles. The number of nitrogens with one attached hydrogen (secondary N) is 2. The Kier molecular flexibility index (Phi) is 4.61. The highest BCUT2D eigenvalue weighted by Crippen LogP contribution is 2.43. The maximum Gasteiger partial charge on any atom is 0.326 e. The maximum absolute atomic E-state index is 12.6. The molecule has 3 aromatic carbocycles. The summed E-state index contributed by atoms with van der Waals surface area (Å²) in [5, 5.41) is 4.42. The molecule has 0 bridgehead atoms. The van der Waals surface area contributed by atoms with Crippen LogP contribution in [0.25, 0.3) is 22.2 Å². The van der Waals surface area contributed by atoms with Crippen LogP contribution in [-0.4, -0.2) is 32.7 Å². The number of rotatable bonds is 2. The maximum atomic E-state index is 12.6. The fourth-order valence-electron chi connectivity index (χ4n) is 5.29. The van der Waals surface area contributed by atoms with E-state index in [1.54, 1.807) is 0 Å². The van der Waals surface area contributed by atoms with Crippen molar-refractivity contribution >= 4 is 28.4 Å². The predicted octanol–water partition coefficient (Wildman–Crippen LogP) is 4.61. The molecule has 2 aliphatic rings. The third-order valence-electron chi connectivity index (χ3n) is 6.84. The number of para-hydroxylation sites is 2. The number of H-pyrrole nitrogens is 1. The Balaban J connectivity index is 1.19. The highest BCUT2D eigenvalue weighted by Gasteiger charge is 2.31. The molecule has 1 aliphatic carbocycles. The van der Waals surface area contributed by atoms with Crippen molar-refractivity contribution in [2.24, 2.45) is 0 Å². The molecular weight excluding hydrogens is 416 g/mol. The van der Waals surface area contributed by atoms with Crippen molar-refractivity contribution in [3.63, 3.8) is 0 Å². The molecule has 0 radical (unpaired) electrons. The van der Waals surface area contributed by atoms with E-state index in [1.807, 2.05) is 28.8 Å². The number of likely N-dealkylation sites (tertiary alicyclic amines) is 1. The van der Waals surface area contributed by atoms with Gasteiger partial charge in [0, 0.05) is 19.1 Å². The van der Waals surface area contributed by atoms with Crippen LogP contribution in [0.1, 0.15) is 36.1 Å². The van der Waals surface area contributed by atoms with Crippen molar-refractivity contribution in [1.82, 2.24) is 19.8 Å². The second-order valence-corrected chi connectivity index (χ2v) is 8.98. The zero-order valence-corrected chi connectivity index (χ0v) is 18.4. The topological polar surface area (TPSA) is 53.1 Å². The van der Waals surface area contributed by atoms with E-state index in [-0.39, 0.29) is 17.8 Å². The lowest BCUT2D eigenvalue weighted by atomic mass is 10.0. The van der Waals surface area contributed by atoms with Crippen molar-refractivity contribution in [2.75, 3.05) is 13.1 Å². The van der Waals surface area contributed by atoms with Gasteiger partial charge in [0.15, 0.2) is 5.11 Å². The van der Waals surface area contributed by atoms with E-state index in [9.17, 15) is 4.79 Å². The van der Waals surface area contributed by atoms with E-state index < -0.39 is 0 Å². The van der Waals surface area contributed by atoms with Crippen LogP contribution in [0.3, 0.4) is 0 Å². The molecule has 32 heavy (non-hydrogen) atoms. The van der Waals surface area contributed by atoms with Gasteiger partial charge in [0.05, 0.1) is 17.1 Å². The van der Waals surface area contributed by atoms with E-state index in [0.29, 0.717) is 0 Å². The summed E-state index contributed by atoms with van der Waals surface area (Å²) in [7, 11) is 0. The van der Waals surface area contributed by atoms with Gasteiger partial charge < -0.3 is 15.2 Å². The lowest BCUT2D eigenvalue weighted by molar-refractivity contribution is 0.264. The third-order valence-corrected chi connectivity index (χ3v) is 7.22. The van der Waals surface area contributed by atoms with Gasteiger partial charge in [-0.05, 0) is 59.4 Å². The Morgan fingerprint density at radius 3 is 2.16 bits per heavy atom. The average Bonchev–Trinajstić information content (AvgIpc) is 3.34. The van der Waals surface area contributed by atoms with Crippen LogP contribution >= 0.6 is 12.2 Å². The van der Waals surface area contributed by atoms with Gasteiger partial charge in [-0.3, -0.25) is 4.57 Å². The van der Waals surface area contributed by atoms with E-state index in [4.69, 9.17) is 12.2 Å². The SMILES string of the molecule is O=c1[nH]c2ccccc2n1C1CCN(C(=S)NC2c3ccccc3-c3ccccc32)CC1. The van der Waals surface area contributed by atoms with Crippen molar-refractivity contribution < 1.29 is 0 Å². The molecule has 0 spiro atoms. The van der Waals surface area contributed by atoms with Crippen LogP contribution < -0.4 is 11.0 Å². The van der Waals surface area contributed by atoms with Crippen molar-refractivity contribution in [3.8, 4) is 11.1 Å². The summed E-state index contributed by atoms with van der Waals surface area (Å²) >= 11 is 5.85. The molecule has 6 heteroatoms. The molecular formula is C26H24N4OS. The fraction of sp³-hybridized carbons (Fsp3) is 0.231. The van der Waals surface area contributed by atoms with Gasteiger partial charge in [-0.2, -0.15) is 0 Å². The standard InChI is InChI=1S/C26H24N4OS/c31-25-27-22-11-5-6-12-23(22)30(25)17-13-15-29(16-14-17)26(32)28-24-20-9-3-1-7-18(20)19-8-2-4-10-21(19)24/h1-12,17,24H,13-16H2,(H,27,31)(H,28,32). The fourth-order valence-corrected chi connectivity index (χ4v) is 5.59. The molecule has 1 fully saturated rings. The van der Waals surface area contributed by atoms with Crippen LogP contribution in [0, 0.1) is 0 Å². The molecule has 160 valence electrons. The van der Waals surface area contributed by atoms with Gasteiger partial charge in [-0.15, -0.1) is 0 Å². The molecule has 0 amide bonds. The summed E-state index contributed by atoms with van der Waals surface area (Å²) in [6.07, 6.45) is 1.78. The Morgan fingerprint density at radius 2 is 1.47 bits per heavy atom. The minimum Gasteiger partial charge on any atom is -0.352 e. The largest absolute Gasteiger partial charge is 0.352 e. The number of piperidine rings is 1. The van der Waals surface area contributed by atoms with Crippen LogP contribution in [0.15, 0.2) is 77.6 Å². The van der Waals surface area contributed by atoms with Gasteiger partial charge in [0.1, 0.15) is 0 Å². The number of thiocarbonyl (C=S) groups is 1. The van der Waals surface area contributed by atoms with Crippen LogP contribution in [0.2, 0.25) is 0 Å². The Labute approximate surface area is 191 Å². The summed E-state index contributed by atoms with van der Waals surface area (Å²) in [6, 6.07) is 25.3. The number of hydrogen-bond donors (Lipinski definition) is 2. The summed E-state index contributed by atoms with van der Waals surface area (Å²) in [4.78, 5) is 17.8. The first kappa shape index (κ1) is 19.3. The normalized spacial score (nSPS) is 16.2. The van der Waals surface area contributed by atoms with Gasteiger partial charge in [0.25, 0.3) is 0 Å². The van der Waals surface area contributed by atoms with Gasteiger partial charge >= 0.3 is 5.69 Å². The monoisotopic (exact) mass is 440 g/mol. The molecule has 0 saturated carbocycles. The third kappa shape index (κ3) is 3.06. The smallest absolute Gasteiger partial charge is 0.326 e. The van der Waals surface area contributed by atoms with Crippen molar-refractivity contribution in [3.05, 3.63) is 94.4 Å². The molecule has 4 aromatic rings. The zero-order valence-electron chi connectivity index (χ0n) is 17.6. The second-order valence-electron chi connectivity index (χ2n) is 8.59. The lowest BCUT2D eigenvalue weighted by Crippen LogP contribution is -2.46. The number of nitrogens with zero attached hydrogens (tertiary/aromatic N) is 2. The van der Waals surface area contributed by atoms with Crippen LogP contribution in [-0.2, 0) is 0 Å². The van der Waals surface area contributed by atoms with E-state index >= 15 is 0 Å². The number of aromatic amines is 1. The number of aromatic nitrogens is 2. The Bertz CT molecular complexity index is 1330. The molecule has 5 nitrogen and oxygen atoms in total. The Morgan fingerprint density at radius 1 is 0.875 bits per heavy atom. The molecule has 1 aromatic heterocycles. The molecule has 1 saturated heterocycles. The summed E-state index contributed by atoms with van der Waals surface area (Å²) < 4.78 is 1.92. The first-order valence-electron chi connectivity index (χ1n) is 11.1. The molecule has 0 atom stereocenters. The number of hydrogen-bond acceptors (Lipinski definition) is 2. The molecule has 2 N–H and O–H groups in total. The first-order chi connectivity index (χ1) is 15.7. The number of fused-ring (bicyclic) bond motifs is 4. The lowest BCUT2D eigenvalue weighted by Gasteiger charge is -2.35. The Hall–Kier alpha value is -3.38. The van der Waals surface area contributed by atoms with Gasteiger partial charge in [0.2, 0.25) is 0 Å². The number of benzene rings is 3. The zero-order chi connectivity index (χ0) is 21.7. The first-order valence-corrected chi connectivity index (χ1v) is 11.5. The average molecular weight is 441 g/mol. The van der Waals surface area contributed by atoms with Crippen LogP contribution in [0.5, 0.6) is 0 Å². The van der Waals surface area contributed by atoms with Gasteiger partial charge in [-0.1, -0.05) is 60.7 Å². The summed E-state index contributed by atoms with van der Waals surface area (Å²) in [5.74, 6) is 0. The van der Waals surface area contributed by atoms with Crippen LogP contribution in [0.4, 0.5) is 0 Å². The van der Waals surface area contributed by atoms with E-state index in [0.717, 1.165) is 42.1 Å². The van der Waals surface area contributed by atoms with Crippen molar-refractivity contribution in [1.29, 1.82) is 0 Å². The highest BCUT2D eigenvalue weighted by atomic mass is 32.1. The second kappa shape index (κ2) is 7.64. The molecule has 6 rings (SSSR count).